The maximum Gasteiger partial charge on any atom is 0.408 e. The standard InChI is InChI=1S/C10H19N3O3/c1-10(2,3)13(9(15)16)7-5-12-8(14)4-6(7)11/h6-7H,4-5,11H2,1-3H3,(H,12,14)(H,15,16). The molecule has 0 aromatic heterocycles. The van der Waals surface area contributed by atoms with Crippen LogP contribution in [0.1, 0.15) is 27.2 Å². The molecule has 0 bridgehead atoms. The van der Waals surface area contributed by atoms with Gasteiger partial charge >= 0.3 is 6.09 Å². The van der Waals surface area contributed by atoms with Gasteiger partial charge in [-0.25, -0.2) is 4.79 Å². The van der Waals surface area contributed by atoms with Crippen LogP contribution in [0.2, 0.25) is 0 Å². The lowest BCUT2D eigenvalue weighted by Gasteiger charge is -2.43. The Morgan fingerprint density at radius 2 is 2.12 bits per heavy atom. The van der Waals surface area contributed by atoms with Crippen molar-refractivity contribution in [1.82, 2.24) is 10.2 Å². The molecular formula is C10H19N3O3. The Morgan fingerprint density at radius 3 is 2.50 bits per heavy atom. The molecule has 1 aliphatic heterocycles. The zero-order chi connectivity index (χ0) is 12.5. The van der Waals surface area contributed by atoms with Crippen molar-refractivity contribution in [1.29, 1.82) is 0 Å². The van der Waals surface area contributed by atoms with Crippen molar-refractivity contribution >= 4 is 12.0 Å². The van der Waals surface area contributed by atoms with Crippen molar-refractivity contribution in [2.24, 2.45) is 5.73 Å². The summed E-state index contributed by atoms with van der Waals surface area (Å²) in [6.07, 6.45) is -0.839. The van der Waals surface area contributed by atoms with Gasteiger partial charge in [0.15, 0.2) is 0 Å². The van der Waals surface area contributed by atoms with Gasteiger partial charge in [-0.1, -0.05) is 0 Å². The minimum atomic E-state index is -1.01. The maximum absolute atomic E-state index is 11.2. The number of amides is 2. The molecule has 6 nitrogen and oxygen atoms in total. The monoisotopic (exact) mass is 229 g/mol. The average Bonchev–Trinajstić information content (AvgIpc) is 2.06. The van der Waals surface area contributed by atoms with Crippen LogP contribution in [0.5, 0.6) is 0 Å². The molecule has 0 aromatic carbocycles. The Bertz CT molecular complexity index is 298. The van der Waals surface area contributed by atoms with Gasteiger partial charge in [-0.05, 0) is 20.8 Å². The number of hydrogen-bond donors (Lipinski definition) is 3. The first-order valence-electron chi connectivity index (χ1n) is 5.28. The van der Waals surface area contributed by atoms with Crippen molar-refractivity contribution in [3.8, 4) is 0 Å². The molecule has 1 fully saturated rings. The van der Waals surface area contributed by atoms with Crippen LogP contribution < -0.4 is 11.1 Å². The summed E-state index contributed by atoms with van der Waals surface area (Å²) in [4.78, 5) is 23.7. The van der Waals surface area contributed by atoms with Crippen LogP contribution in [0.3, 0.4) is 0 Å². The van der Waals surface area contributed by atoms with E-state index >= 15 is 0 Å². The molecule has 1 aliphatic rings. The molecule has 2 atom stereocenters. The van der Waals surface area contributed by atoms with Gasteiger partial charge in [0.2, 0.25) is 5.91 Å². The first kappa shape index (κ1) is 12.8. The largest absolute Gasteiger partial charge is 0.465 e. The highest BCUT2D eigenvalue weighted by Crippen LogP contribution is 2.21. The van der Waals surface area contributed by atoms with Crippen molar-refractivity contribution in [3.63, 3.8) is 0 Å². The second kappa shape index (κ2) is 4.29. The van der Waals surface area contributed by atoms with E-state index in [1.807, 2.05) is 20.8 Å². The number of rotatable bonds is 1. The minimum Gasteiger partial charge on any atom is -0.465 e. The normalized spacial score (nSPS) is 26.1. The molecule has 1 rings (SSSR count). The zero-order valence-corrected chi connectivity index (χ0v) is 9.86. The van der Waals surface area contributed by atoms with Gasteiger partial charge in [0.1, 0.15) is 0 Å². The van der Waals surface area contributed by atoms with E-state index in [4.69, 9.17) is 5.73 Å². The van der Waals surface area contributed by atoms with Crippen molar-refractivity contribution < 1.29 is 14.7 Å². The summed E-state index contributed by atoms with van der Waals surface area (Å²) < 4.78 is 0. The molecule has 1 saturated heterocycles. The molecule has 2 amide bonds. The van der Waals surface area contributed by atoms with Gasteiger partial charge in [-0.2, -0.15) is 0 Å². The predicted molar refractivity (Wildman–Crippen MR) is 59.0 cm³/mol. The van der Waals surface area contributed by atoms with E-state index in [0.717, 1.165) is 0 Å². The molecule has 0 radical (unpaired) electrons. The van der Waals surface area contributed by atoms with Gasteiger partial charge in [0.05, 0.1) is 6.04 Å². The van der Waals surface area contributed by atoms with E-state index in [-0.39, 0.29) is 24.9 Å². The second-order valence-electron chi connectivity index (χ2n) is 5.06. The summed E-state index contributed by atoms with van der Waals surface area (Å²) in [6, 6.07) is -0.806. The fourth-order valence-electron chi connectivity index (χ4n) is 2.00. The van der Waals surface area contributed by atoms with E-state index in [1.165, 1.54) is 4.90 Å². The summed E-state index contributed by atoms with van der Waals surface area (Å²) in [5.74, 6) is -0.122. The smallest absolute Gasteiger partial charge is 0.408 e. The van der Waals surface area contributed by atoms with E-state index in [9.17, 15) is 14.7 Å². The summed E-state index contributed by atoms with van der Waals surface area (Å²) in [7, 11) is 0. The minimum absolute atomic E-state index is 0.122. The van der Waals surface area contributed by atoms with Gasteiger partial charge in [0, 0.05) is 24.5 Å². The zero-order valence-electron chi connectivity index (χ0n) is 9.86. The third-order valence-electron chi connectivity index (χ3n) is 2.68. The van der Waals surface area contributed by atoms with Crippen LogP contribution in [0.25, 0.3) is 0 Å². The number of carbonyl (C=O) groups excluding carboxylic acids is 1. The summed E-state index contributed by atoms with van der Waals surface area (Å²) in [5, 5.41) is 11.8. The molecular weight excluding hydrogens is 210 g/mol. The lowest BCUT2D eigenvalue weighted by atomic mass is 9.95. The highest BCUT2D eigenvalue weighted by molar-refractivity contribution is 5.78. The van der Waals surface area contributed by atoms with Crippen LogP contribution in [0, 0.1) is 0 Å². The molecule has 1 heterocycles. The first-order chi connectivity index (χ1) is 7.23. The number of carbonyl (C=O) groups is 2. The van der Waals surface area contributed by atoms with Crippen LogP contribution in [0.15, 0.2) is 0 Å². The van der Waals surface area contributed by atoms with E-state index in [0.29, 0.717) is 0 Å². The van der Waals surface area contributed by atoms with Crippen LogP contribution in [-0.2, 0) is 4.79 Å². The molecule has 16 heavy (non-hydrogen) atoms. The highest BCUT2D eigenvalue weighted by Gasteiger charge is 2.39. The number of nitrogens with two attached hydrogens (primary N) is 1. The number of nitrogens with zero attached hydrogens (tertiary/aromatic N) is 1. The van der Waals surface area contributed by atoms with Crippen LogP contribution in [0.4, 0.5) is 4.79 Å². The van der Waals surface area contributed by atoms with E-state index < -0.39 is 17.7 Å². The number of carboxylic acid groups (broad SMARTS) is 1. The fourth-order valence-corrected chi connectivity index (χ4v) is 2.00. The Kier molecular flexibility index (Phi) is 3.42. The Hall–Kier alpha value is -1.30. The topological polar surface area (TPSA) is 95.7 Å². The SMILES string of the molecule is CC(C)(C)N(C(=O)O)C1CNC(=O)CC1N. The fraction of sp³-hybridized carbons (Fsp3) is 0.800. The Morgan fingerprint density at radius 1 is 1.56 bits per heavy atom. The molecule has 0 saturated carbocycles. The summed E-state index contributed by atoms with van der Waals surface area (Å²) in [5.41, 5.74) is 5.31. The third-order valence-corrected chi connectivity index (χ3v) is 2.68. The highest BCUT2D eigenvalue weighted by atomic mass is 16.4. The molecule has 2 unspecified atom stereocenters. The van der Waals surface area contributed by atoms with Gasteiger partial charge in [-0.3, -0.25) is 9.69 Å². The number of hydrogen-bond acceptors (Lipinski definition) is 3. The van der Waals surface area contributed by atoms with Crippen LogP contribution in [-0.4, -0.2) is 46.2 Å². The maximum atomic E-state index is 11.2. The predicted octanol–water partition coefficient (Wildman–Crippen LogP) is -0.0193. The van der Waals surface area contributed by atoms with Crippen molar-refractivity contribution in [2.45, 2.75) is 44.8 Å². The van der Waals surface area contributed by atoms with Crippen molar-refractivity contribution in [2.75, 3.05) is 6.54 Å². The van der Waals surface area contributed by atoms with Crippen LogP contribution >= 0.6 is 0 Å². The molecule has 4 N–H and O–H groups in total. The average molecular weight is 229 g/mol. The lowest BCUT2D eigenvalue weighted by molar-refractivity contribution is -0.124. The van der Waals surface area contributed by atoms with Crippen molar-refractivity contribution in [3.05, 3.63) is 0 Å². The molecule has 0 spiro atoms. The third kappa shape index (κ3) is 2.63. The van der Waals surface area contributed by atoms with Gasteiger partial charge in [-0.15, -0.1) is 0 Å². The van der Waals surface area contributed by atoms with Gasteiger partial charge in [0.25, 0.3) is 0 Å². The molecule has 6 heteroatoms. The lowest BCUT2D eigenvalue weighted by Crippen LogP contribution is -2.64. The first-order valence-corrected chi connectivity index (χ1v) is 5.28. The second-order valence-corrected chi connectivity index (χ2v) is 5.06. The molecule has 92 valence electrons. The van der Waals surface area contributed by atoms with Gasteiger partial charge < -0.3 is 16.2 Å². The molecule has 0 aromatic rings. The Balaban J connectivity index is 2.87. The Labute approximate surface area is 94.8 Å². The summed E-state index contributed by atoms with van der Waals surface area (Å²) >= 11 is 0. The summed E-state index contributed by atoms with van der Waals surface area (Å²) in [6.45, 7) is 5.71. The van der Waals surface area contributed by atoms with E-state index in [2.05, 4.69) is 5.32 Å². The quantitative estimate of drug-likeness (QED) is 0.589. The number of nitrogens with one attached hydrogen (secondary N) is 1. The number of piperidine rings is 1. The molecule has 0 aliphatic carbocycles. The van der Waals surface area contributed by atoms with E-state index in [1.54, 1.807) is 0 Å².